The Labute approximate surface area is 216 Å². The highest BCUT2D eigenvalue weighted by molar-refractivity contribution is 6.30. The number of amides is 1. The van der Waals surface area contributed by atoms with Crippen molar-refractivity contribution < 1.29 is 22.4 Å². The number of piperazine rings is 1. The highest BCUT2D eigenvalue weighted by atomic mass is 35.5. The van der Waals surface area contributed by atoms with Crippen LogP contribution in [0.4, 0.5) is 28.9 Å². The van der Waals surface area contributed by atoms with Crippen LogP contribution in [0.25, 0.3) is 11.1 Å². The van der Waals surface area contributed by atoms with E-state index in [1.54, 1.807) is 24.3 Å². The lowest BCUT2D eigenvalue weighted by atomic mass is 10.0. The number of benzene rings is 2. The molecule has 0 unspecified atom stereocenters. The van der Waals surface area contributed by atoms with Crippen LogP contribution in [0.5, 0.6) is 0 Å². The molecule has 3 aromatic rings. The van der Waals surface area contributed by atoms with Crippen molar-refractivity contribution in [1.82, 2.24) is 9.47 Å². The Morgan fingerprint density at radius 1 is 1.03 bits per heavy atom. The van der Waals surface area contributed by atoms with E-state index in [0.29, 0.717) is 41.6 Å². The highest BCUT2D eigenvalue weighted by Crippen LogP contribution is 2.36. The quantitative estimate of drug-likeness (QED) is 0.443. The molecule has 0 bridgehead atoms. The molecule has 0 saturated carbocycles. The van der Waals surface area contributed by atoms with Gasteiger partial charge < -0.3 is 10.2 Å². The van der Waals surface area contributed by atoms with Gasteiger partial charge in [-0.1, -0.05) is 23.7 Å². The number of likely N-dealkylation sites (N-methyl/N-ethyl adjacent to an activating group) is 1. The van der Waals surface area contributed by atoms with Gasteiger partial charge in [-0.15, -0.1) is 13.2 Å². The minimum absolute atomic E-state index is 0.127. The van der Waals surface area contributed by atoms with Crippen molar-refractivity contribution >= 4 is 28.9 Å². The number of halogens is 5. The Kier molecular flexibility index (Phi) is 7.34. The summed E-state index contributed by atoms with van der Waals surface area (Å²) in [6.07, 6.45) is -4.54. The van der Waals surface area contributed by atoms with E-state index in [4.69, 9.17) is 11.6 Å². The predicted molar refractivity (Wildman–Crippen MR) is 136 cm³/mol. The van der Waals surface area contributed by atoms with Gasteiger partial charge in [-0.05, 0) is 56.8 Å². The second-order valence-corrected chi connectivity index (χ2v) is 9.61. The first-order valence-electron chi connectivity index (χ1n) is 11.5. The van der Waals surface area contributed by atoms with Gasteiger partial charge >= 0.3 is 6.30 Å². The zero-order chi connectivity index (χ0) is 27.1. The summed E-state index contributed by atoms with van der Waals surface area (Å²) in [6.45, 7) is 5.14. The first-order chi connectivity index (χ1) is 17.3. The zero-order valence-electron chi connectivity index (χ0n) is 20.3. The number of hydrogen-bond acceptors (Lipinski definition) is 4. The molecule has 1 amide bonds. The Hall–Kier alpha value is -3.37. The molecule has 1 saturated heterocycles. The van der Waals surface area contributed by atoms with Crippen LogP contribution in [-0.4, -0.2) is 47.6 Å². The fourth-order valence-corrected chi connectivity index (χ4v) is 4.52. The Morgan fingerprint density at radius 2 is 1.65 bits per heavy atom. The maximum atomic E-state index is 15.4. The number of pyridine rings is 1. The molecule has 1 N–H and O–H groups in total. The van der Waals surface area contributed by atoms with Crippen molar-refractivity contribution in [2.45, 2.75) is 32.2 Å². The predicted octanol–water partition coefficient (Wildman–Crippen LogP) is 5.57. The average Bonchev–Trinajstić information content (AvgIpc) is 2.83. The summed E-state index contributed by atoms with van der Waals surface area (Å²) in [5.74, 6) is -1.40. The number of hydrogen-bond donors (Lipinski definition) is 1. The molecule has 4 rings (SSSR count). The van der Waals surface area contributed by atoms with E-state index in [2.05, 4.69) is 10.2 Å². The smallest absolute Gasteiger partial charge is 0.367 e. The number of aromatic nitrogens is 1. The summed E-state index contributed by atoms with van der Waals surface area (Å²) in [5.41, 5.74) is -0.359. The lowest BCUT2D eigenvalue weighted by Crippen LogP contribution is -2.55. The zero-order valence-corrected chi connectivity index (χ0v) is 21.1. The van der Waals surface area contributed by atoms with Crippen molar-refractivity contribution in [3.63, 3.8) is 0 Å². The largest absolute Gasteiger partial charge is 0.491 e. The molecule has 2 heterocycles. The maximum Gasteiger partial charge on any atom is 0.491 e. The lowest BCUT2D eigenvalue weighted by Gasteiger charge is -2.44. The molecule has 2 aromatic carbocycles. The molecule has 2 atom stereocenters. The molecule has 0 radical (unpaired) electrons. The van der Waals surface area contributed by atoms with E-state index >= 15 is 4.39 Å². The van der Waals surface area contributed by atoms with Crippen LogP contribution >= 0.6 is 11.6 Å². The summed E-state index contributed by atoms with van der Waals surface area (Å²) >= 11 is 5.96. The lowest BCUT2D eigenvalue weighted by molar-refractivity contribution is -0.206. The van der Waals surface area contributed by atoms with E-state index in [-0.39, 0.29) is 28.9 Å². The number of carbonyl (C=O) groups is 1. The summed E-state index contributed by atoms with van der Waals surface area (Å²) in [4.78, 5) is 28.9. The molecule has 0 aliphatic carbocycles. The SMILES string of the molecule is C[C@@H]1CN(c2cc(F)c(-c3ccc(Cl)cc3)cc2NC(=O)c2ccc(=O)n(C(F)(F)F)c2)C[C@H](C)N1C. The molecule has 1 aromatic heterocycles. The van der Waals surface area contributed by atoms with Crippen LogP contribution in [0.1, 0.15) is 24.2 Å². The number of nitrogens with one attached hydrogen (secondary N) is 1. The normalized spacial score (nSPS) is 18.6. The Morgan fingerprint density at radius 3 is 2.24 bits per heavy atom. The number of rotatable bonds is 4. The molecule has 1 aliphatic rings. The topological polar surface area (TPSA) is 57.6 Å². The Balaban J connectivity index is 1.78. The van der Waals surface area contributed by atoms with Crippen LogP contribution in [0, 0.1) is 5.82 Å². The number of carbonyl (C=O) groups excluding carboxylic acids is 1. The van der Waals surface area contributed by atoms with Crippen molar-refractivity contribution in [2.24, 2.45) is 0 Å². The van der Waals surface area contributed by atoms with Gasteiger partial charge in [0.05, 0.1) is 16.9 Å². The molecule has 11 heteroatoms. The molecular formula is C26H25ClF4N4O2. The fraction of sp³-hybridized carbons (Fsp3) is 0.308. The molecule has 1 fully saturated rings. The number of alkyl halides is 3. The summed E-state index contributed by atoms with van der Waals surface area (Å²) in [6, 6.07) is 11.2. The molecule has 1 aliphatic heterocycles. The first kappa shape index (κ1) is 26.7. The first-order valence-corrected chi connectivity index (χ1v) is 11.9. The van der Waals surface area contributed by atoms with E-state index < -0.39 is 28.2 Å². The standard InChI is InChI=1S/C26H25ClF4N4O2/c1-15-12-34(13-16(2)33(15)3)23-11-21(28)20(17-4-7-19(27)8-5-17)10-22(23)32-25(37)18-6-9-24(36)35(14-18)26(29,30)31/h4-11,14-16H,12-13H2,1-3H3,(H,32,37)/t15-,16+. The van der Waals surface area contributed by atoms with Crippen LogP contribution in [0.15, 0.2) is 59.5 Å². The van der Waals surface area contributed by atoms with Gasteiger partial charge in [0, 0.05) is 48.0 Å². The monoisotopic (exact) mass is 536 g/mol. The van der Waals surface area contributed by atoms with Crippen LogP contribution in [0.3, 0.4) is 0 Å². The maximum absolute atomic E-state index is 15.4. The Bertz CT molecular complexity index is 1360. The third-order valence-corrected chi connectivity index (χ3v) is 6.89. The summed E-state index contributed by atoms with van der Waals surface area (Å²) in [5, 5.41) is 3.11. The van der Waals surface area contributed by atoms with E-state index in [0.717, 1.165) is 6.07 Å². The van der Waals surface area contributed by atoms with Crippen molar-refractivity contribution in [3.05, 3.63) is 81.5 Å². The van der Waals surface area contributed by atoms with Crippen molar-refractivity contribution in [1.29, 1.82) is 0 Å². The third-order valence-electron chi connectivity index (χ3n) is 6.64. The molecule has 0 spiro atoms. The van der Waals surface area contributed by atoms with Gasteiger partial charge in [-0.25, -0.2) is 8.96 Å². The summed E-state index contributed by atoms with van der Waals surface area (Å²) in [7, 11) is 2.00. The van der Waals surface area contributed by atoms with Crippen LogP contribution in [0.2, 0.25) is 5.02 Å². The molecule has 196 valence electrons. The van der Waals surface area contributed by atoms with Gasteiger partial charge in [0.1, 0.15) is 5.82 Å². The van der Waals surface area contributed by atoms with E-state index in [1.807, 2.05) is 25.8 Å². The van der Waals surface area contributed by atoms with Crippen molar-refractivity contribution in [2.75, 3.05) is 30.4 Å². The van der Waals surface area contributed by atoms with E-state index in [1.165, 1.54) is 12.1 Å². The number of nitrogens with zero attached hydrogens (tertiary/aromatic N) is 3. The second kappa shape index (κ2) is 10.2. The molecule has 37 heavy (non-hydrogen) atoms. The third kappa shape index (κ3) is 5.65. The minimum Gasteiger partial charge on any atom is -0.367 e. The van der Waals surface area contributed by atoms with Gasteiger partial charge in [0.2, 0.25) is 0 Å². The van der Waals surface area contributed by atoms with Gasteiger partial charge in [0.15, 0.2) is 0 Å². The van der Waals surface area contributed by atoms with Gasteiger partial charge in [0.25, 0.3) is 11.5 Å². The van der Waals surface area contributed by atoms with Gasteiger partial charge in [-0.3, -0.25) is 14.5 Å². The molecule has 6 nitrogen and oxygen atoms in total. The second-order valence-electron chi connectivity index (χ2n) is 9.17. The van der Waals surface area contributed by atoms with E-state index in [9.17, 15) is 22.8 Å². The fourth-order valence-electron chi connectivity index (χ4n) is 4.39. The average molecular weight is 537 g/mol. The van der Waals surface area contributed by atoms with Gasteiger partial charge in [-0.2, -0.15) is 0 Å². The number of anilines is 2. The molecular weight excluding hydrogens is 512 g/mol. The minimum atomic E-state index is -4.98. The highest BCUT2D eigenvalue weighted by Gasteiger charge is 2.33. The van der Waals surface area contributed by atoms with Crippen molar-refractivity contribution in [3.8, 4) is 11.1 Å². The van der Waals surface area contributed by atoms with Crippen LogP contribution < -0.4 is 15.8 Å². The van der Waals surface area contributed by atoms with Crippen LogP contribution in [-0.2, 0) is 6.30 Å². The summed E-state index contributed by atoms with van der Waals surface area (Å²) < 4.78 is 54.6.